The van der Waals surface area contributed by atoms with Crippen molar-refractivity contribution in [3.05, 3.63) is 28.2 Å². The van der Waals surface area contributed by atoms with Gasteiger partial charge in [0.15, 0.2) is 0 Å². The Balaban J connectivity index is 2.06. The minimum Gasteiger partial charge on any atom is -0.331 e. The van der Waals surface area contributed by atoms with Crippen LogP contribution in [0.4, 0.5) is 5.69 Å². The second kappa shape index (κ2) is 7.11. The number of nitrogens with zero attached hydrogens (tertiary/aromatic N) is 1. The van der Waals surface area contributed by atoms with E-state index in [9.17, 15) is 9.59 Å². The fourth-order valence-electron chi connectivity index (χ4n) is 2.46. The maximum atomic E-state index is 12.3. The number of anilines is 1. The fourth-order valence-corrected chi connectivity index (χ4v) is 2.98. The van der Waals surface area contributed by atoms with Gasteiger partial charge in [-0.25, -0.2) is 0 Å². The van der Waals surface area contributed by atoms with E-state index < -0.39 is 6.04 Å². The average molecular weight is 330 g/mol. The molecule has 0 spiro atoms. The Hall–Kier alpha value is -1.30. The van der Waals surface area contributed by atoms with Gasteiger partial charge < -0.3 is 16.0 Å². The van der Waals surface area contributed by atoms with Gasteiger partial charge in [0.25, 0.3) is 0 Å². The minimum absolute atomic E-state index is 0.0840. The molecule has 1 fully saturated rings. The molecule has 5 nitrogen and oxygen atoms in total. The van der Waals surface area contributed by atoms with Crippen LogP contribution in [0.2, 0.25) is 10.0 Å². The van der Waals surface area contributed by atoms with Gasteiger partial charge in [0.2, 0.25) is 11.8 Å². The lowest BCUT2D eigenvalue weighted by Crippen LogP contribution is -2.43. The zero-order valence-electron chi connectivity index (χ0n) is 11.4. The second-order valence-corrected chi connectivity index (χ2v) is 5.80. The van der Waals surface area contributed by atoms with Crippen molar-refractivity contribution < 1.29 is 9.59 Å². The lowest BCUT2D eigenvalue weighted by atomic mass is 10.2. The zero-order chi connectivity index (χ0) is 15.4. The molecule has 1 aromatic rings. The SMILES string of the molecule is NCCC(=O)N1CCCC1C(=O)Nc1cc(Cl)cc(Cl)c1. The summed E-state index contributed by atoms with van der Waals surface area (Å²) >= 11 is 11.8. The lowest BCUT2D eigenvalue weighted by molar-refractivity contribution is -0.136. The highest BCUT2D eigenvalue weighted by molar-refractivity contribution is 6.35. The molecule has 1 saturated heterocycles. The number of nitrogens with one attached hydrogen (secondary N) is 1. The van der Waals surface area contributed by atoms with Crippen LogP contribution < -0.4 is 11.1 Å². The highest BCUT2D eigenvalue weighted by atomic mass is 35.5. The third-order valence-corrected chi connectivity index (χ3v) is 3.80. The first kappa shape index (κ1) is 16.1. The van der Waals surface area contributed by atoms with E-state index in [1.807, 2.05) is 0 Å². The molecule has 2 rings (SSSR count). The molecule has 0 aliphatic carbocycles. The highest BCUT2D eigenvalue weighted by Crippen LogP contribution is 2.24. The first-order valence-electron chi connectivity index (χ1n) is 6.78. The van der Waals surface area contributed by atoms with Gasteiger partial charge in [-0.1, -0.05) is 23.2 Å². The largest absolute Gasteiger partial charge is 0.331 e. The van der Waals surface area contributed by atoms with Crippen molar-refractivity contribution in [1.29, 1.82) is 0 Å². The first-order chi connectivity index (χ1) is 10.0. The molecule has 21 heavy (non-hydrogen) atoms. The predicted molar refractivity (Wildman–Crippen MR) is 83.5 cm³/mol. The number of amides is 2. The van der Waals surface area contributed by atoms with Crippen molar-refractivity contribution in [2.24, 2.45) is 5.73 Å². The van der Waals surface area contributed by atoms with Crippen LogP contribution in [0.15, 0.2) is 18.2 Å². The lowest BCUT2D eigenvalue weighted by Gasteiger charge is -2.23. The van der Waals surface area contributed by atoms with E-state index in [1.54, 1.807) is 23.1 Å². The molecule has 1 unspecified atom stereocenters. The summed E-state index contributed by atoms with van der Waals surface area (Å²) in [5.74, 6) is -0.310. The third-order valence-electron chi connectivity index (χ3n) is 3.36. The molecule has 7 heteroatoms. The number of halogens is 2. The molecular weight excluding hydrogens is 313 g/mol. The monoisotopic (exact) mass is 329 g/mol. The van der Waals surface area contributed by atoms with Crippen LogP contribution in [-0.2, 0) is 9.59 Å². The van der Waals surface area contributed by atoms with Crippen LogP contribution in [0, 0.1) is 0 Å². The number of nitrogens with two attached hydrogens (primary N) is 1. The summed E-state index contributed by atoms with van der Waals surface area (Å²) in [5, 5.41) is 3.65. The molecule has 0 bridgehead atoms. The molecular formula is C14H17Cl2N3O2. The maximum Gasteiger partial charge on any atom is 0.247 e. The van der Waals surface area contributed by atoms with E-state index in [2.05, 4.69) is 5.32 Å². The Morgan fingerprint density at radius 1 is 1.29 bits per heavy atom. The Morgan fingerprint density at radius 3 is 2.57 bits per heavy atom. The van der Waals surface area contributed by atoms with Crippen LogP contribution >= 0.6 is 23.2 Å². The quantitative estimate of drug-likeness (QED) is 0.889. The van der Waals surface area contributed by atoms with Gasteiger partial charge in [0.05, 0.1) is 0 Å². The van der Waals surface area contributed by atoms with Crippen LogP contribution in [-0.4, -0.2) is 35.8 Å². The van der Waals surface area contributed by atoms with E-state index in [0.29, 0.717) is 28.7 Å². The summed E-state index contributed by atoms with van der Waals surface area (Å²) in [6.07, 6.45) is 1.72. The van der Waals surface area contributed by atoms with Gasteiger partial charge in [0, 0.05) is 35.2 Å². The average Bonchev–Trinajstić information content (AvgIpc) is 2.86. The summed E-state index contributed by atoms with van der Waals surface area (Å²) in [6.45, 7) is 0.876. The van der Waals surface area contributed by atoms with Crippen molar-refractivity contribution in [3.8, 4) is 0 Å². The number of carbonyl (C=O) groups is 2. The van der Waals surface area contributed by atoms with E-state index in [4.69, 9.17) is 28.9 Å². The van der Waals surface area contributed by atoms with E-state index in [0.717, 1.165) is 6.42 Å². The van der Waals surface area contributed by atoms with Gasteiger partial charge in [-0.05, 0) is 31.0 Å². The van der Waals surface area contributed by atoms with E-state index in [1.165, 1.54) is 0 Å². The molecule has 0 radical (unpaired) electrons. The standard InChI is InChI=1S/C14H17Cl2N3O2/c15-9-6-10(16)8-11(7-9)18-14(21)12-2-1-5-19(12)13(20)3-4-17/h6-8,12H,1-5,17H2,(H,18,21). The molecule has 3 N–H and O–H groups in total. The predicted octanol–water partition coefficient (Wildman–Crippen LogP) is 2.27. The van der Waals surface area contributed by atoms with Crippen LogP contribution in [0.3, 0.4) is 0 Å². The number of likely N-dealkylation sites (tertiary alicyclic amines) is 1. The van der Waals surface area contributed by atoms with Crippen molar-refractivity contribution >= 4 is 40.7 Å². The molecule has 0 saturated carbocycles. The zero-order valence-corrected chi connectivity index (χ0v) is 13.0. The topological polar surface area (TPSA) is 75.4 Å². The summed E-state index contributed by atoms with van der Waals surface area (Å²) in [5.41, 5.74) is 5.92. The van der Waals surface area contributed by atoms with Crippen molar-refractivity contribution in [2.75, 3.05) is 18.4 Å². The number of rotatable bonds is 4. The normalized spacial score (nSPS) is 17.9. The maximum absolute atomic E-state index is 12.3. The van der Waals surface area contributed by atoms with Gasteiger partial charge in [-0.3, -0.25) is 9.59 Å². The number of carbonyl (C=O) groups excluding carboxylic acids is 2. The van der Waals surface area contributed by atoms with Crippen molar-refractivity contribution in [2.45, 2.75) is 25.3 Å². The Morgan fingerprint density at radius 2 is 1.95 bits per heavy atom. The first-order valence-corrected chi connectivity index (χ1v) is 7.53. The molecule has 1 aliphatic heterocycles. The Labute approximate surface area is 133 Å². The van der Waals surface area contributed by atoms with Gasteiger partial charge in [-0.15, -0.1) is 0 Å². The molecule has 2 amide bonds. The number of hydrogen-bond acceptors (Lipinski definition) is 3. The summed E-state index contributed by atoms with van der Waals surface area (Å²) < 4.78 is 0. The van der Waals surface area contributed by atoms with Crippen LogP contribution in [0.5, 0.6) is 0 Å². The number of hydrogen-bond donors (Lipinski definition) is 2. The highest BCUT2D eigenvalue weighted by Gasteiger charge is 2.33. The molecule has 0 aromatic heterocycles. The smallest absolute Gasteiger partial charge is 0.247 e. The van der Waals surface area contributed by atoms with Crippen LogP contribution in [0.25, 0.3) is 0 Å². The minimum atomic E-state index is -0.457. The Kier molecular flexibility index (Phi) is 5.45. The van der Waals surface area contributed by atoms with Gasteiger partial charge in [0.1, 0.15) is 6.04 Å². The Bertz CT molecular complexity index is 531. The van der Waals surface area contributed by atoms with Crippen molar-refractivity contribution in [3.63, 3.8) is 0 Å². The summed E-state index contributed by atoms with van der Waals surface area (Å²) in [6, 6.07) is 4.37. The molecule has 1 atom stereocenters. The summed E-state index contributed by atoms with van der Waals surface area (Å²) in [7, 11) is 0. The van der Waals surface area contributed by atoms with E-state index >= 15 is 0 Å². The number of benzene rings is 1. The van der Waals surface area contributed by atoms with Crippen molar-refractivity contribution in [1.82, 2.24) is 4.90 Å². The second-order valence-electron chi connectivity index (χ2n) is 4.93. The van der Waals surface area contributed by atoms with E-state index in [-0.39, 0.29) is 24.8 Å². The molecule has 1 aromatic carbocycles. The third kappa shape index (κ3) is 4.09. The van der Waals surface area contributed by atoms with Gasteiger partial charge >= 0.3 is 0 Å². The fraction of sp³-hybridized carbons (Fsp3) is 0.429. The molecule has 114 valence electrons. The molecule has 1 aliphatic rings. The molecule has 1 heterocycles. The summed E-state index contributed by atoms with van der Waals surface area (Å²) in [4.78, 5) is 25.9. The van der Waals surface area contributed by atoms with Gasteiger partial charge in [-0.2, -0.15) is 0 Å². The van der Waals surface area contributed by atoms with Crippen LogP contribution in [0.1, 0.15) is 19.3 Å².